The minimum Gasteiger partial charge on any atom is -0.462 e. The van der Waals surface area contributed by atoms with E-state index in [1.54, 1.807) is 0 Å². The van der Waals surface area contributed by atoms with Crippen molar-refractivity contribution in [2.75, 3.05) is 39.6 Å². The number of phosphoric ester groups is 2. The molecule has 0 saturated carbocycles. The van der Waals surface area contributed by atoms with Gasteiger partial charge in [0.05, 0.1) is 26.4 Å². The van der Waals surface area contributed by atoms with Crippen LogP contribution in [0.25, 0.3) is 0 Å². The molecule has 0 heterocycles. The summed E-state index contributed by atoms with van der Waals surface area (Å²) in [6, 6.07) is 0. The third-order valence-corrected chi connectivity index (χ3v) is 25.0. The van der Waals surface area contributed by atoms with Gasteiger partial charge in [-0.3, -0.25) is 37.3 Å². The Kier molecular flexibility index (Phi) is 86.9. The molecule has 0 aliphatic carbocycles. The summed E-state index contributed by atoms with van der Waals surface area (Å²) in [5.74, 6) is -1.31. The molecule has 0 aliphatic rings. The molecule has 0 aromatic heterocycles. The molecule has 3 unspecified atom stereocenters. The summed E-state index contributed by atoms with van der Waals surface area (Å²) >= 11 is 0. The number of aliphatic hydroxyl groups is 1. The van der Waals surface area contributed by atoms with E-state index >= 15 is 0 Å². The largest absolute Gasteiger partial charge is 0.472 e. The van der Waals surface area contributed by atoms with Crippen LogP contribution in [0.5, 0.6) is 0 Å². The second-order valence-corrected chi connectivity index (χ2v) is 37.6. The zero-order valence-electron chi connectivity index (χ0n) is 76.0. The number of carbonyl (C=O) groups is 4. The van der Waals surface area contributed by atoms with Gasteiger partial charge in [0.25, 0.3) is 0 Å². The highest BCUT2D eigenvalue weighted by atomic mass is 31.2. The lowest BCUT2D eigenvalue weighted by Crippen LogP contribution is -2.30. The third kappa shape index (κ3) is 88.2. The number of hydrogen-bond acceptors (Lipinski definition) is 15. The Bertz CT molecular complexity index is 2170. The van der Waals surface area contributed by atoms with Crippen LogP contribution in [0.15, 0.2) is 0 Å². The molecule has 0 amide bonds. The standard InChI is InChI=1S/C96H188O17P2/c1-6-10-13-16-19-22-25-28-31-34-37-40-42-45-48-51-54-57-60-67-72-76-81-95(100)112-91(85-106-93(98)79-74-69-64-58-55-52-49-46-44-41-38-35-32-29-26-23-20-17-14-11-7-2)87-110-114(102,103)108-83-90(97)84-109-115(104,105)111-88-92(86-107-94(99)80-75-70-65-62-61-63-68-73-78-89(5)9-4)113-96(101)82-77-71-66-59-56-53-50-47-43-39-36-33-30-27-24-21-18-15-12-8-3/h89-92,97H,6-88H2,1-5H3,(H,102,103)(H,104,105)/t89?,90-,91-,92-/m1/s1. The molecule has 0 fully saturated rings. The molecule has 17 nitrogen and oxygen atoms in total. The first-order chi connectivity index (χ1) is 56.1. The Hall–Kier alpha value is -1.94. The zero-order valence-corrected chi connectivity index (χ0v) is 77.7. The van der Waals surface area contributed by atoms with Gasteiger partial charge < -0.3 is 33.8 Å². The van der Waals surface area contributed by atoms with Crippen LogP contribution < -0.4 is 0 Å². The van der Waals surface area contributed by atoms with Gasteiger partial charge in [0, 0.05) is 25.7 Å². The molecule has 0 rings (SSSR count). The molecule has 115 heavy (non-hydrogen) atoms. The molecule has 0 aromatic rings. The molecule has 0 spiro atoms. The van der Waals surface area contributed by atoms with Crippen LogP contribution in [0.3, 0.4) is 0 Å². The maximum Gasteiger partial charge on any atom is 0.472 e. The highest BCUT2D eigenvalue weighted by Crippen LogP contribution is 2.45. The van der Waals surface area contributed by atoms with Crippen molar-refractivity contribution < 1.29 is 80.2 Å². The predicted molar refractivity (Wildman–Crippen MR) is 479 cm³/mol. The number of hydrogen-bond donors (Lipinski definition) is 3. The second kappa shape index (κ2) is 88.4. The van der Waals surface area contributed by atoms with Gasteiger partial charge >= 0.3 is 39.5 Å². The van der Waals surface area contributed by atoms with E-state index < -0.39 is 97.5 Å². The average Bonchev–Trinajstić information content (AvgIpc) is 0.892. The van der Waals surface area contributed by atoms with Gasteiger partial charge in [-0.2, -0.15) is 0 Å². The molecule has 0 aliphatic heterocycles. The lowest BCUT2D eigenvalue weighted by atomic mass is 9.99. The smallest absolute Gasteiger partial charge is 0.462 e. The van der Waals surface area contributed by atoms with E-state index in [-0.39, 0.29) is 25.7 Å². The highest BCUT2D eigenvalue weighted by molar-refractivity contribution is 7.47. The van der Waals surface area contributed by atoms with Crippen molar-refractivity contribution in [3.05, 3.63) is 0 Å². The number of carbonyl (C=O) groups excluding carboxylic acids is 4. The maximum absolute atomic E-state index is 13.2. The SMILES string of the molecule is CCCCCCCCCCCCCCCCCCCCCCCCC(=O)O[C@H](COC(=O)CCCCCCCCCCCCCCCCCCCCCCC)COP(=O)(O)OC[C@@H](O)COP(=O)(O)OC[C@@H](COC(=O)CCCCCCCCCCC(C)CC)OC(=O)CCCCCCCCCCCCCCCCCCCCCC. The quantitative estimate of drug-likeness (QED) is 0.0222. The Balaban J connectivity index is 5.24. The minimum atomic E-state index is -4.97. The van der Waals surface area contributed by atoms with Crippen molar-refractivity contribution in [2.24, 2.45) is 5.92 Å². The number of aliphatic hydroxyl groups excluding tert-OH is 1. The van der Waals surface area contributed by atoms with Crippen molar-refractivity contribution >= 4 is 39.5 Å². The topological polar surface area (TPSA) is 237 Å². The van der Waals surface area contributed by atoms with Gasteiger partial charge in [0.15, 0.2) is 12.2 Å². The number of rotatable bonds is 96. The van der Waals surface area contributed by atoms with E-state index in [0.717, 1.165) is 95.8 Å². The van der Waals surface area contributed by atoms with E-state index in [1.807, 2.05) is 0 Å². The summed E-state index contributed by atoms with van der Waals surface area (Å²) in [4.78, 5) is 73.6. The summed E-state index contributed by atoms with van der Waals surface area (Å²) in [6.45, 7) is 7.42. The maximum atomic E-state index is 13.2. The Morgan fingerprint density at radius 3 is 0.617 bits per heavy atom. The second-order valence-electron chi connectivity index (χ2n) is 34.7. The monoisotopic (exact) mass is 1680 g/mol. The van der Waals surface area contributed by atoms with Crippen molar-refractivity contribution in [1.29, 1.82) is 0 Å². The summed E-state index contributed by atoms with van der Waals surface area (Å²) in [7, 11) is -9.94. The normalized spacial score (nSPS) is 13.8. The van der Waals surface area contributed by atoms with Crippen molar-refractivity contribution in [2.45, 2.75) is 547 Å². The molecule has 684 valence electrons. The molecule has 19 heteroatoms. The van der Waals surface area contributed by atoms with Gasteiger partial charge in [-0.25, -0.2) is 9.13 Å². The van der Waals surface area contributed by atoms with Crippen molar-refractivity contribution in [3.63, 3.8) is 0 Å². The van der Waals surface area contributed by atoms with Crippen molar-refractivity contribution in [3.8, 4) is 0 Å². The number of unbranched alkanes of at least 4 members (excludes halogenated alkanes) is 67. The lowest BCUT2D eigenvalue weighted by Gasteiger charge is -2.21. The molecular weight excluding hydrogens is 1490 g/mol. The summed E-state index contributed by atoms with van der Waals surface area (Å²) in [5.41, 5.74) is 0. The first-order valence-corrected chi connectivity index (χ1v) is 52.7. The number of ether oxygens (including phenoxy) is 4. The first kappa shape index (κ1) is 113. The van der Waals surface area contributed by atoms with E-state index in [4.69, 9.17) is 37.0 Å². The molecule has 0 bridgehead atoms. The van der Waals surface area contributed by atoms with Crippen LogP contribution in [-0.4, -0.2) is 96.7 Å². The van der Waals surface area contributed by atoms with Crippen molar-refractivity contribution in [1.82, 2.24) is 0 Å². The van der Waals surface area contributed by atoms with E-state index in [0.29, 0.717) is 25.7 Å². The average molecular weight is 1680 g/mol. The summed E-state index contributed by atoms with van der Waals surface area (Å²) in [6.07, 6.45) is 86.4. The Morgan fingerprint density at radius 2 is 0.417 bits per heavy atom. The third-order valence-electron chi connectivity index (χ3n) is 23.1. The van der Waals surface area contributed by atoms with Crippen LogP contribution in [-0.2, 0) is 65.4 Å². The van der Waals surface area contributed by atoms with Crippen LogP contribution in [0.4, 0.5) is 0 Å². The fraction of sp³-hybridized carbons (Fsp3) is 0.958. The summed E-state index contributed by atoms with van der Waals surface area (Å²) < 4.78 is 69.2. The number of esters is 4. The van der Waals surface area contributed by atoms with Gasteiger partial charge in [0.2, 0.25) is 0 Å². The van der Waals surface area contributed by atoms with Crippen LogP contribution in [0.2, 0.25) is 0 Å². The Morgan fingerprint density at radius 1 is 0.243 bits per heavy atom. The molecule has 3 N–H and O–H groups in total. The fourth-order valence-electron chi connectivity index (χ4n) is 15.2. The van der Waals surface area contributed by atoms with Crippen LogP contribution >= 0.6 is 15.6 Å². The van der Waals surface area contributed by atoms with Gasteiger partial charge in [-0.15, -0.1) is 0 Å². The minimum absolute atomic E-state index is 0.109. The van der Waals surface area contributed by atoms with E-state index in [2.05, 4.69) is 34.6 Å². The highest BCUT2D eigenvalue weighted by Gasteiger charge is 2.31. The predicted octanol–water partition coefficient (Wildman–Crippen LogP) is 30.3. The summed E-state index contributed by atoms with van der Waals surface area (Å²) in [5, 5.41) is 10.7. The fourth-order valence-corrected chi connectivity index (χ4v) is 16.8. The molecule has 6 atom stereocenters. The van der Waals surface area contributed by atoms with E-state index in [9.17, 15) is 43.2 Å². The molecule has 0 aromatic carbocycles. The molecule has 0 radical (unpaired) electrons. The van der Waals surface area contributed by atoms with Crippen LogP contribution in [0, 0.1) is 5.92 Å². The molecular formula is C96H188O17P2. The van der Waals surface area contributed by atoms with Gasteiger partial charge in [-0.05, 0) is 31.6 Å². The zero-order chi connectivity index (χ0) is 84.0. The number of phosphoric acid groups is 2. The van der Waals surface area contributed by atoms with Gasteiger partial charge in [0.1, 0.15) is 19.3 Å². The first-order valence-electron chi connectivity index (χ1n) is 49.7. The van der Waals surface area contributed by atoms with Gasteiger partial charge in [-0.1, -0.05) is 478 Å². The van der Waals surface area contributed by atoms with E-state index in [1.165, 1.54) is 353 Å². The Labute approximate surface area is 708 Å². The lowest BCUT2D eigenvalue weighted by molar-refractivity contribution is -0.161. The molecule has 0 saturated heterocycles. The van der Waals surface area contributed by atoms with Crippen LogP contribution in [0.1, 0.15) is 529 Å².